The van der Waals surface area contributed by atoms with Crippen LogP contribution in [0.3, 0.4) is 0 Å². The van der Waals surface area contributed by atoms with Gasteiger partial charge >= 0.3 is 5.97 Å². The fourth-order valence-electron chi connectivity index (χ4n) is 1.61. The van der Waals surface area contributed by atoms with Gasteiger partial charge in [0.05, 0.1) is 6.04 Å². The Morgan fingerprint density at radius 1 is 1.42 bits per heavy atom. The van der Waals surface area contributed by atoms with Gasteiger partial charge in [0.15, 0.2) is 0 Å². The van der Waals surface area contributed by atoms with E-state index in [-0.39, 0.29) is 17.6 Å². The summed E-state index contributed by atoms with van der Waals surface area (Å²) in [6, 6.07) is 7.03. The lowest BCUT2D eigenvalue weighted by molar-refractivity contribution is 0.0660. The van der Waals surface area contributed by atoms with Gasteiger partial charge in [-0.05, 0) is 53.2 Å². The molecule has 1 unspecified atom stereocenters. The van der Waals surface area contributed by atoms with Crippen LogP contribution in [-0.2, 0) is 0 Å². The first-order valence-corrected chi connectivity index (χ1v) is 6.31. The van der Waals surface area contributed by atoms with Gasteiger partial charge in [0.2, 0.25) is 5.76 Å². The van der Waals surface area contributed by atoms with Crippen molar-refractivity contribution in [3.05, 3.63) is 52.1 Å². The van der Waals surface area contributed by atoms with Gasteiger partial charge in [-0.2, -0.15) is 0 Å². The molecule has 0 radical (unpaired) electrons. The van der Waals surface area contributed by atoms with E-state index in [1.54, 1.807) is 12.1 Å². The molecule has 1 aromatic carbocycles. The number of carboxylic acids is 1. The molecule has 0 amide bonds. The van der Waals surface area contributed by atoms with E-state index >= 15 is 0 Å². The molecule has 0 fully saturated rings. The average Bonchev–Trinajstić information content (AvgIpc) is 2.82. The molecular weight excluding hydrogens is 317 g/mol. The smallest absolute Gasteiger partial charge is 0.371 e. The second-order valence-electron chi connectivity index (χ2n) is 4.00. The summed E-state index contributed by atoms with van der Waals surface area (Å²) >= 11 is 3.25. The number of hydrogen-bond acceptors (Lipinski definition) is 3. The molecule has 1 heterocycles. The summed E-state index contributed by atoms with van der Waals surface area (Å²) in [6.07, 6.45) is 0. The number of benzene rings is 1. The second-order valence-corrected chi connectivity index (χ2v) is 4.85. The molecule has 0 aliphatic carbocycles. The molecule has 19 heavy (non-hydrogen) atoms. The van der Waals surface area contributed by atoms with Gasteiger partial charge in [-0.25, -0.2) is 9.18 Å². The Bertz CT molecular complexity index is 612. The Balaban J connectivity index is 2.15. The lowest BCUT2D eigenvalue weighted by Crippen LogP contribution is -2.06. The summed E-state index contributed by atoms with van der Waals surface area (Å²) in [7, 11) is 0. The van der Waals surface area contributed by atoms with Gasteiger partial charge in [-0.15, -0.1) is 0 Å². The van der Waals surface area contributed by atoms with Crippen molar-refractivity contribution in [2.45, 2.75) is 13.0 Å². The molecule has 0 aliphatic rings. The van der Waals surface area contributed by atoms with Crippen LogP contribution in [0.5, 0.6) is 0 Å². The molecule has 0 aliphatic heterocycles. The highest BCUT2D eigenvalue weighted by Crippen LogP contribution is 2.27. The summed E-state index contributed by atoms with van der Waals surface area (Å²) in [5.74, 6) is -1.06. The maximum absolute atomic E-state index is 13.0. The summed E-state index contributed by atoms with van der Waals surface area (Å²) in [6.45, 7) is 1.82. The van der Waals surface area contributed by atoms with Crippen molar-refractivity contribution in [1.29, 1.82) is 0 Å². The third kappa shape index (κ3) is 3.14. The molecule has 0 saturated carbocycles. The molecule has 2 rings (SSSR count). The Hall–Kier alpha value is -1.82. The normalized spacial score (nSPS) is 12.2. The van der Waals surface area contributed by atoms with E-state index in [9.17, 15) is 9.18 Å². The first-order chi connectivity index (χ1) is 8.97. The maximum Gasteiger partial charge on any atom is 0.371 e. The number of anilines is 1. The highest BCUT2D eigenvalue weighted by Gasteiger charge is 2.15. The van der Waals surface area contributed by atoms with Crippen molar-refractivity contribution in [3.63, 3.8) is 0 Å². The number of furan rings is 1. The van der Waals surface area contributed by atoms with E-state index in [4.69, 9.17) is 9.52 Å². The summed E-state index contributed by atoms with van der Waals surface area (Å²) in [5, 5.41) is 11.9. The lowest BCUT2D eigenvalue weighted by Gasteiger charge is -2.14. The molecule has 100 valence electrons. The van der Waals surface area contributed by atoms with Crippen LogP contribution < -0.4 is 5.32 Å². The van der Waals surface area contributed by atoms with Gasteiger partial charge in [0.25, 0.3) is 0 Å². The molecule has 2 N–H and O–H groups in total. The number of carbonyl (C=O) groups is 1. The van der Waals surface area contributed by atoms with E-state index in [0.29, 0.717) is 15.9 Å². The monoisotopic (exact) mass is 327 g/mol. The Morgan fingerprint density at radius 2 is 2.16 bits per heavy atom. The van der Waals surface area contributed by atoms with Gasteiger partial charge in [0.1, 0.15) is 11.6 Å². The minimum atomic E-state index is -1.11. The van der Waals surface area contributed by atoms with Crippen molar-refractivity contribution in [1.82, 2.24) is 0 Å². The number of carboxylic acid groups (broad SMARTS) is 1. The first kappa shape index (κ1) is 13.6. The summed E-state index contributed by atoms with van der Waals surface area (Å²) in [4.78, 5) is 10.7. The Morgan fingerprint density at radius 3 is 2.74 bits per heavy atom. The molecule has 1 atom stereocenters. The summed E-state index contributed by atoms with van der Waals surface area (Å²) in [5.41, 5.74) is 0.696. The molecule has 0 spiro atoms. The zero-order valence-corrected chi connectivity index (χ0v) is 11.6. The highest BCUT2D eigenvalue weighted by molar-refractivity contribution is 9.10. The largest absolute Gasteiger partial charge is 0.475 e. The maximum atomic E-state index is 13.0. The first-order valence-electron chi connectivity index (χ1n) is 5.52. The molecular formula is C13H11BrFNO3. The minimum Gasteiger partial charge on any atom is -0.475 e. The molecule has 0 bridgehead atoms. The molecule has 2 aromatic rings. The van der Waals surface area contributed by atoms with Crippen LogP contribution in [-0.4, -0.2) is 11.1 Å². The fraction of sp³-hybridized carbons (Fsp3) is 0.154. The molecule has 4 nitrogen and oxygen atoms in total. The fourth-order valence-corrected chi connectivity index (χ4v) is 2.08. The van der Waals surface area contributed by atoms with Crippen LogP contribution in [0.2, 0.25) is 0 Å². The molecule has 6 heteroatoms. The molecule has 0 saturated heterocycles. The van der Waals surface area contributed by atoms with Crippen molar-refractivity contribution >= 4 is 27.6 Å². The van der Waals surface area contributed by atoms with Crippen LogP contribution >= 0.6 is 15.9 Å². The predicted octanol–water partition coefficient (Wildman–Crippen LogP) is 4.05. The van der Waals surface area contributed by atoms with Crippen molar-refractivity contribution < 1.29 is 18.7 Å². The van der Waals surface area contributed by atoms with Crippen LogP contribution in [0.1, 0.15) is 29.3 Å². The number of nitrogens with one attached hydrogen (secondary N) is 1. The van der Waals surface area contributed by atoms with E-state index in [1.807, 2.05) is 6.92 Å². The number of rotatable bonds is 4. The SMILES string of the molecule is CC(Nc1ccc(F)cc1Br)c1ccc(C(=O)O)o1. The van der Waals surface area contributed by atoms with Crippen molar-refractivity contribution in [3.8, 4) is 0 Å². The number of halogens is 2. The van der Waals surface area contributed by atoms with E-state index in [1.165, 1.54) is 18.2 Å². The number of hydrogen-bond donors (Lipinski definition) is 2. The third-order valence-electron chi connectivity index (χ3n) is 2.57. The van der Waals surface area contributed by atoms with Gasteiger partial charge in [0, 0.05) is 10.2 Å². The minimum absolute atomic E-state index is 0.109. The van der Waals surface area contributed by atoms with Crippen molar-refractivity contribution in [2.75, 3.05) is 5.32 Å². The van der Waals surface area contributed by atoms with E-state index in [2.05, 4.69) is 21.2 Å². The zero-order chi connectivity index (χ0) is 14.0. The predicted molar refractivity (Wildman–Crippen MR) is 71.8 cm³/mol. The third-order valence-corrected chi connectivity index (χ3v) is 3.22. The Labute approximate surface area is 117 Å². The summed E-state index contributed by atoms with van der Waals surface area (Å²) < 4.78 is 18.7. The van der Waals surface area contributed by atoms with Crippen LogP contribution in [0.25, 0.3) is 0 Å². The number of aromatic carboxylic acids is 1. The van der Waals surface area contributed by atoms with E-state index in [0.717, 1.165) is 0 Å². The van der Waals surface area contributed by atoms with E-state index < -0.39 is 5.97 Å². The van der Waals surface area contributed by atoms with Gasteiger partial charge < -0.3 is 14.8 Å². The zero-order valence-electron chi connectivity index (χ0n) is 9.98. The van der Waals surface area contributed by atoms with Crippen LogP contribution in [0.15, 0.2) is 39.2 Å². The average molecular weight is 328 g/mol. The van der Waals surface area contributed by atoms with Gasteiger partial charge in [-0.1, -0.05) is 0 Å². The standard InChI is InChI=1S/C13H11BrFNO3/c1-7(11-4-5-12(19-11)13(17)18)16-10-3-2-8(15)6-9(10)14/h2-7,16H,1H3,(H,17,18). The lowest BCUT2D eigenvalue weighted by atomic mass is 10.2. The quantitative estimate of drug-likeness (QED) is 0.889. The molecule has 1 aromatic heterocycles. The highest BCUT2D eigenvalue weighted by atomic mass is 79.9. The van der Waals surface area contributed by atoms with Crippen LogP contribution in [0, 0.1) is 5.82 Å². The van der Waals surface area contributed by atoms with Gasteiger partial charge in [-0.3, -0.25) is 0 Å². The van der Waals surface area contributed by atoms with Crippen LogP contribution in [0.4, 0.5) is 10.1 Å². The van der Waals surface area contributed by atoms with Crippen molar-refractivity contribution in [2.24, 2.45) is 0 Å². The topological polar surface area (TPSA) is 62.5 Å². The Kier molecular flexibility index (Phi) is 3.90. The second kappa shape index (κ2) is 5.44.